The first-order valence-corrected chi connectivity index (χ1v) is 9.30. The molecule has 30 heavy (non-hydrogen) atoms. The van der Waals surface area contributed by atoms with Crippen molar-refractivity contribution in [2.24, 2.45) is 0 Å². The summed E-state index contributed by atoms with van der Waals surface area (Å²) in [5.74, 6) is -0.396. The second kappa shape index (κ2) is 7.71. The van der Waals surface area contributed by atoms with Crippen LogP contribution in [-0.2, 0) is 4.79 Å². The number of carbonyl (C=O) groups is 1. The summed E-state index contributed by atoms with van der Waals surface area (Å²) in [4.78, 5) is 29.4. The Labute approximate surface area is 172 Å². The maximum Gasteiger partial charge on any atom is 0.405 e. The summed E-state index contributed by atoms with van der Waals surface area (Å²) in [6.45, 7) is -1.65. The van der Waals surface area contributed by atoms with Crippen LogP contribution in [0.15, 0.2) is 30.7 Å². The number of carbonyl (C=O) groups excluding carboxylic acids is 1. The number of nitrogens with one attached hydrogen (secondary N) is 2. The molecule has 4 heterocycles. The second-order valence-electron chi connectivity index (χ2n) is 6.82. The largest absolute Gasteiger partial charge is 0.405 e. The molecule has 1 aliphatic heterocycles. The van der Waals surface area contributed by atoms with E-state index in [9.17, 15) is 22.4 Å². The van der Waals surface area contributed by atoms with Crippen molar-refractivity contribution in [2.75, 3.05) is 18.0 Å². The van der Waals surface area contributed by atoms with E-state index in [4.69, 9.17) is 11.6 Å². The van der Waals surface area contributed by atoms with Gasteiger partial charge >= 0.3 is 6.18 Å². The number of nitrogens with zero attached hydrogens (tertiary/aromatic N) is 4. The van der Waals surface area contributed by atoms with E-state index in [1.807, 2.05) is 5.32 Å². The third kappa shape index (κ3) is 4.16. The number of pyridine rings is 1. The Morgan fingerprint density at radius 1 is 1.37 bits per heavy atom. The smallest absolute Gasteiger partial charge is 0.345 e. The molecule has 0 aliphatic carbocycles. The molecule has 1 unspecified atom stereocenters. The van der Waals surface area contributed by atoms with E-state index >= 15 is 0 Å². The molecular formula is C18H15ClF4N6O. The van der Waals surface area contributed by atoms with Crippen molar-refractivity contribution >= 4 is 34.4 Å². The highest BCUT2D eigenvalue weighted by molar-refractivity contribution is 6.31. The average Bonchev–Trinajstić information content (AvgIpc) is 3.29. The van der Waals surface area contributed by atoms with Gasteiger partial charge in [0.05, 0.1) is 11.6 Å². The van der Waals surface area contributed by atoms with Crippen LogP contribution in [-0.4, -0.2) is 57.3 Å². The first-order chi connectivity index (χ1) is 14.2. The van der Waals surface area contributed by atoms with Crippen molar-refractivity contribution < 1.29 is 22.4 Å². The summed E-state index contributed by atoms with van der Waals surface area (Å²) in [6, 6.07) is 2.06. The van der Waals surface area contributed by atoms with Crippen LogP contribution in [0.2, 0.25) is 5.02 Å². The van der Waals surface area contributed by atoms with Gasteiger partial charge in [-0.1, -0.05) is 11.6 Å². The zero-order chi connectivity index (χ0) is 21.5. The van der Waals surface area contributed by atoms with E-state index in [-0.39, 0.29) is 24.6 Å². The Hall–Kier alpha value is -2.95. The average molecular weight is 443 g/mol. The van der Waals surface area contributed by atoms with Gasteiger partial charge in [-0.05, 0) is 12.1 Å². The predicted octanol–water partition coefficient (Wildman–Crippen LogP) is 3.27. The number of rotatable bonds is 4. The van der Waals surface area contributed by atoms with Gasteiger partial charge in [-0.25, -0.2) is 19.3 Å². The lowest BCUT2D eigenvalue weighted by molar-refractivity contribution is -0.139. The summed E-state index contributed by atoms with van der Waals surface area (Å²) in [5, 5.41) is 2.90. The number of amides is 1. The molecular weight excluding hydrogens is 428 g/mol. The van der Waals surface area contributed by atoms with Gasteiger partial charge < -0.3 is 15.2 Å². The Morgan fingerprint density at radius 3 is 2.93 bits per heavy atom. The molecule has 1 aliphatic rings. The summed E-state index contributed by atoms with van der Waals surface area (Å²) in [7, 11) is 0. The van der Waals surface area contributed by atoms with E-state index in [0.717, 1.165) is 0 Å². The molecule has 0 aromatic carbocycles. The van der Waals surface area contributed by atoms with Crippen LogP contribution in [0.5, 0.6) is 0 Å². The summed E-state index contributed by atoms with van der Waals surface area (Å²) in [5.41, 5.74) is 1.16. The lowest BCUT2D eigenvalue weighted by Crippen LogP contribution is -2.46. The number of hydrogen-bond donors (Lipinski definition) is 2. The molecule has 1 fully saturated rings. The molecule has 1 amide bonds. The highest BCUT2D eigenvalue weighted by atomic mass is 35.5. The van der Waals surface area contributed by atoms with E-state index in [2.05, 4.69) is 19.9 Å². The minimum Gasteiger partial charge on any atom is -0.345 e. The van der Waals surface area contributed by atoms with Crippen LogP contribution < -0.4 is 10.2 Å². The fraction of sp³-hybridized carbons (Fsp3) is 0.333. The van der Waals surface area contributed by atoms with Crippen LogP contribution in [0.3, 0.4) is 0 Å². The van der Waals surface area contributed by atoms with Crippen molar-refractivity contribution in [1.82, 2.24) is 25.3 Å². The van der Waals surface area contributed by atoms with Crippen molar-refractivity contribution in [1.29, 1.82) is 0 Å². The number of alkyl halides is 4. The minimum absolute atomic E-state index is 0.165. The molecule has 2 atom stereocenters. The zero-order valence-electron chi connectivity index (χ0n) is 15.2. The molecule has 1 saturated heterocycles. The Morgan fingerprint density at radius 2 is 2.17 bits per heavy atom. The molecule has 12 heteroatoms. The van der Waals surface area contributed by atoms with Crippen LogP contribution >= 0.6 is 11.6 Å². The lowest BCUT2D eigenvalue weighted by atomic mass is 10.2. The van der Waals surface area contributed by atoms with Gasteiger partial charge in [-0.2, -0.15) is 13.2 Å². The monoisotopic (exact) mass is 442 g/mol. The molecule has 2 N–H and O–H groups in total. The first-order valence-electron chi connectivity index (χ1n) is 8.92. The number of anilines is 1. The molecule has 0 bridgehead atoms. The van der Waals surface area contributed by atoms with Crippen molar-refractivity contribution in [3.63, 3.8) is 0 Å². The van der Waals surface area contributed by atoms with Crippen LogP contribution in [0, 0.1) is 0 Å². The fourth-order valence-corrected chi connectivity index (χ4v) is 3.55. The topological polar surface area (TPSA) is 86.8 Å². The van der Waals surface area contributed by atoms with E-state index in [1.165, 1.54) is 23.4 Å². The number of aromatic nitrogens is 4. The quantitative estimate of drug-likeness (QED) is 0.606. The summed E-state index contributed by atoms with van der Waals surface area (Å²) < 4.78 is 51.3. The van der Waals surface area contributed by atoms with Crippen LogP contribution in [0.25, 0.3) is 22.4 Å². The third-order valence-electron chi connectivity index (χ3n) is 4.69. The molecule has 0 radical (unpaired) electrons. The van der Waals surface area contributed by atoms with Gasteiger partial charge in [0.2, 0.25) is 5.91 Å². The molecule has 0 spiro atoms. The van der Waals surface area contributed by atoms with Crippen molar-refractivity contribution in [3.8, 4) is 11.4 Å². The Balaban J connectivity index is 1.63. The van der Waals surface area contributed by atoms with Gasteiger partial charge in [0, 0.05) is 36.0 Å². The zero-order valence-corrected chi connectivity index (χ0v) is 16.0. The molecule has 4 rings (SSSR count). The van der Waals surface area contributed by atoms with E-state index in [0.29, 0.717) is 21.6 Å². The van der Waals surface area contributed by atoms with Crippen molar-refractivity contribution in [2.45, 2.75) is 24.8 Å². The standard InChI is InChI=1S/C18H15ClF4N6O/c19-9-3-11-12(6-26-15(11)25-5-9)16-24-2-1-14(28-16)29-7-10(20)4-13(29)17(30)27-8-18(21,22)23/h1-3,5-6,10,13H,4,7-8H2,(H,25,26)(H,27,30)/t10?,13-/m1/s1. The Kier molecular flexibility index (Phi) is 5.22. The maximum absolute atomic E-state index is 14.1. The summed E-state index contributed by atoms with van der Waals surface area (Å²) >= 11 is 6.01. The van der Waals surface area contributed by atoms with E-state index in [1.54, 1.807) is 12.3 Å². The summed E-state index contributed by atoms with van der Waals surface area (Å²) in [6.07, 6.45) is -1.60. The highest BCUT2D eigenvalue weighted by Crippen LogP contribution is 2.30. The fourth-order valence-electron chi connectivity index (χ4n) is 3.39. The number of aromatic amines is 1. The molecule has 3 aromatic heterocycles. The highest BCUT2D eigenvalue weighted by Gasteiger charge is 2.39. The maximum atomic E-state index is 14.1. The number of fused-ring (bicyclic) bond motifs is 1. The SMILES string of the molecule is O=C(NCC(F)(F)F)[C@H]1CC(F)CN1c1ccnc(-c2c[nH]c3ncc(Cl)cc23)n1. The number of halogens is 5. The lowest BCUT2D eigenvalue weighted by Gasteiger charge is -2.24. The molecule has 7 nitrogen and oxygen atoms in total. The molecule has 3 aromatic rings. The van der Waals surface area contributed by atoms with Gasteiger partial charge in [0.15, 0.2) is 5.82 Å². The van der Waals surface area contributed by atoms with E-state index < -0.39 is 30.8 Å². The minimum atomic E-state index is -4.55. The van der Waals surface area contributed by atoms with Crippen LogP contribution in [0.1, 0.15) is 6.42 Å². The third-order valence-corrected chi connectivity index (χ3v) is 4.90. The number of hydrogen-bond acceptors (Lipinski definition) is 5. The molecule has 0 saturated carbocycles. The van der Waals surface area contributed by atoms with Gasteiger partial charge in [-0.3, -0.25) is 4.79 Å². The van der Waals surface area contributed by atoms with Gasteiger partial charge in [0.1, 0.15) is 30.2 Å². The Bertz CT molecular complexity index is 1090. The molecule has 158 valence electrons. The van der Waals surface area contributed by atoms with Gasteiger partial charge in [0.25, 0.3) is 0 Å². The number of H-pyrrole nitrogens is 1. The van der Waals surface area contributed by atoms with Gasteiger partial charge in [-0.15, -0.1) is 0 Å². The second-order valence-corrected chi connectivity index (χ2v) is 7.26. The first kappa shape index (κ1) is 20.3. The predicted molar refractivity (Wildman–Crippen MR) is 102 cm³/mol. The normalized spacial score (nSPS) is 19.4. The van der Waals surface area contributed by atoms with Crippen molar-refractivity contribution in [3.05, 3.63) is 35.7 Å². The van der Waals surface area contributed by atoms with Crippen LogP contribution in [0.4, 0.5) is 23.4 Å².